The zero-order valence-electron chi connectivity index (χ0n) is 14.1. The normalized spacial score (nSPS) is 14.0. The van der Waals surface area contributed by atoms with Crippen LogP contribution in [-0.2, 0) is 9.53 Å². The van der Waals surface area contributed by atoms with Crippen LogP contribution in [0.15, 0.2) is 48.5 Å². The van der Waals surface area contributed by atoms with Gasteiger partial charge in [-0.05, 0) is 43.3 Å². The van der Waals surface area contributed by atoms with Crippen molar-refractivity contribution in [1.82, 2.24) is 4.90 Å². The fraction of sp³-hybridized carbons (Fsp3) is 0.158. The number of ether oxygens (including phenoxy) is 2. The highest BCUT2D eigenvalue weighted by molar-refractivity contribution is 6.22. The number of carbonyl (C=O) groups is 4. The molecular weight excluding hydrogens is 338 g/mol. The minimum atomic E-state index is -1.09. The van der Waals surface area contributed by atoms with Gasteiger partial charge in [0.15, 0.2) is 0 Å². The van der Waals surface area contributed by atoms with Gasteiger partial charge >= 0.3 is 11.9 Å². The highest BCUT2D eigenvalue weighted by atomic mass is 16.5. The molecule has 0 bridgehead atoms. The Kier molecular flexibility index (Phi) is 4.53. The van der Waals surface area contributed by atoms with Crippen molar-refractivity contribution in [2.45, 2.75) is 13.0 Å². The van der Waals surface area contributed by atoms with Crippen molar-refractivity contribution in [3.05, 3.63) is 65.2 Å². The number of amides is 2. The van der Waals surface area contributed by atoms with Crippen LogP contribution >= 0.6 is 0 Å². The number of nitrogens with zero attached hydrogens (tertiary/aromatic N) is 1. The van der Waals surface area contributed by atoms with E-state index in [1.807, 2.05) is 0 Å². The molecule has 0 saturated heterocycles. The Morgan fingerprint density at radius 2 is 1.46 bits per heavy atom. The number of hydrogen-bond acceptors (Lipinski definition) is 6. The maximum atomic E-state index is 12.4. The summed E-state index contributed by atoms with van der Waals surface area (Å²) in [5.41, 5.74) is 0.833. The molecule has 0 aromatic heterocycles. The van der Waals surface area contributed by atoms with Gasteiger partial charge in [0.25, 0.3) is 11.8 Å². The molecule has 0 spiro atoms. The van der Waals surface area contributed by atoms with Gasteiger partial charge in [0.1, 0.15) is 11.8 Å². The van der Waals surface area contributed by atoms with Crippen LogP contribution in [0.2, 0.25) is 0 Å². The summed E-state index contributed by atoms with van der Waals surface area (Å²) in [7, 11) is 1.26. The van der Waals surface area contributed by atoms with E-state index in [4.69, 9.17) is 4.74 Å². The Balaban J connectivity index is 1.74. The average Bonchev–Trinajstić information content (AvgIpc) is 2.92. The summed E-state index contributed by atoms with van der Waals surface area (Å²) < 4.78 is 9.80. The zero-order chi connectivity index (χ0) is 18.8. The van der Waals surface area contributed by atoms with Crippen molar-refractivity contribution in [2.75, 3.05) is 7.11 Å². The third kappa shape index (κ3) is 2.95. The van der Waals surface area contributed by atoms with E-state index < -0.39 is 29.8 Å². The molecule has 26 heavy (non-hydrogen) atoms. The Bertz CT molecular complexity index is 868. The number of rotatable bonds is 4. The molecule has 1 heterocycles. The maximum Gasteiger partial charge on any atom is 0.337 e. The smallest absolute Gasteiger partial charge is 0.337 e. The third-order valence-corrected chi connectivity index (χ3v) is 4.05. The minimum absolute atomic E-state index is 0.186. The summed E-state index contributed by atoms with van der Waals surface area (Å²) in [6.07, 6.45) is 0. The van der Waals surface area contributed by atoms with E-state index in [0.29, 0.717) is 5.56 Å². The van der Waals surface area contributed by atoms with Gasteiger partial charge in [-0.15, -0.1) is 0 Å². The van der Waals surface area contributed by atoms with Crippen molar-refractivity contribution in [1.29, 1.82) is 0 Å². The Morgan fingerprint density at radius 3 is 1.96 bits per heavy atom. The number of methoxy groups -OCH3 is 1. The first-order valence-corrected chi connectivity index (χ1v) is 7.81. The topological polar surface area (TPSA) is 90.0 Å². The van der Waals surface area contributed by atoms with Crippen LogP contribution in [0.3, 0.4) is 0 Å². The molecule has 0 unspecified atom stereocenters. The second kappa shape index (κ2) is 6.79. The maximum absolute atomic E-state index is 12.4. The van der Waals surface area contributed by atoms with Gasteiger partial charge in [0, 0.05) is 0 Å². The molecule has 0 radical (unpaired) electrons. The van der Waals surface area contributed by atoms with E-state index in [1.165, 1.54) is 38.3 Å². The van der Waals surface area contributed by atoms with Gasteiger partial charge in [-0.2, -0.15) is 0 Å². The number of hydrogen-bond donors (Lipinski definition) is 0. The van der Waals surface area contributed by atoms with Crippen LogP contribution in [0.4, 0.5) is 0 Å². The quantitative estimate of drug-likeness (QED) is 0.475. The van der Waals surface area contributed by atoms with Gasteiger partial charge in [-0.1, -0.05) is 12.1 Å². The summed E-state index contributed by atoms with van der Waals surface area (Å²) in [6.45, 7) is 1.42. The van der Waals surface area contributed by atoms with Gasteiger partial charge in [0.2, 0.25) is 0 Å². The Hall–Kier alpha value is -3.48. The van der Waals surface area contributed by atoms with Crippen LogP contribution in [0.1, 0.15) is 38.0 Å². The fourth-order valence-electron chi connectivity index (χ4n) is 2.64. The van der Waals surface area contributed by atoms with E-state index in [0.717, 1.165) is 4.90 Å². The third-order valence-electron chi connectivity index (χ3n) is 4.05. The lowest BCUT2D eigenvalue weighted by molar-refractivity contribution is -0.138. The lowest BCUT2D eigenvalue weighted by Crippen LogP contribution is -2.44. The van der Waals surface area contributed by atoms with Gasteiger partial charge in [0.05, 0.1) is 23.8 Å². The summed E-state index contributed by atoms with van der Waals surface area (Å²) in [5, 5.41) is 0. The fourth-order valence-corrected chi connectivity index (χ4v) is 2.64. The van der Waals surface area contributed by atoms with Crippen molar-refractivity contribution < 1.29 is 28.7 Å². The summed E-state index contributed by atoms with van der Waals surface area (Å²) in [6, 6.07) is 11.0. The van der Waals surface area contributed by atoms with Crippen molar-refractivity contribution >= 4 is 23.8 Å². The largest absolute Gasteiger partial charge is 0.465 e. The van der Waals surface area contributed by atoms with Crippen LogP contribution in [0.25, 0.3) is 0 Å². The predicted octanol–water partition coefficient (Wildman–Crippen LogP) is 2.06. The van der Waals surface area contributed by atoms with E-state index in [2.05, 4.69) is 4.74 Å². The van der Waals surface area contributed by atoms with E-state index in [-0.39, 0.29) is 16.9 Å². The SMILES string of the molecule is COC(=O)c1ccc(OC(=O)[C@H](C)N2C(=O)c3ccccc3C2=O)cc1. The van der Waals surface area contributed by atoms with Gasteiger partial charge < -0.3 is 9.47 Å². The number of benzene rings is 2. The molecule has 3 rings (SSSR count). The van der Waals surface area contributed by atoms with E-state index >= 15 is 0 Å². The summed E-state index contributed by atoms with van der Waals surface area (Å²) in [5.74, 6) is -2.15. The van der Waals surface area contributed by atoms with Crippen LogP contribution in [0, 0.1) is 0 Å². The van der Waals surface area contributed by atoms with Crippen molar-refractivity contribution in [3.8, 4) is 5.75 Å². The lowest BCUT2D eigenvalue weighted by Gasteiger charge is -2.20. The van der Waals surface area contributed by atoms with Crippen molar-refractivity contribution in [3.63, 3.8) is 0 Å². The van der Waals surface area contributed by atoms with Crippen LogP contribution in [-0.4, -0.2) is 41.8 Å². The molecule has 0 N–H and O–H groups in total. The first kappa shape index (κ1) is 17.3. The predicted molar refractivity (Wildman–Crippen MR) is 89.8 cm³/mol. The van der Waals surface area contributed by atoms with Crippen molar-refractivity contribution in [2.24, 2.45) is 0 Å². The van der Waals surface area contributed by atoms with Gasteiger partial charge in [-0.3, -0.25) is 14.5 Å². The van der Waals surface area contributed by atoms with E-state index in [9.17, 15) is 19.2 Å². The molecule has 7 heteroatoms. The molecular formula is C19H15NO6. The minimum Gasteiger partial charge on any atom is -0.465 e. The lowest BCUT2D eigenvalue weighted by atomic mass is 10.1. The Labute approximate surface area is 149 Å². The first-order valence-electron chi connectivity index (χ1n) is 7.81. The van der Waals surface area contributed by atoms with E-state index in [1.54, 1.807) is 24.3 Å². The second-order valence-corrected chi connectivity index (χ2v) is 5.64. The molecule has 1 aliphatic heterocycles. The molecule has 7 nitrogen and oxygen atoms in total. The molecule has 1 aliphatic rings. The second-order valence-electron chi connectivity index (χ2n) is 5.64. The molecule has 2 aromatic carbocycles. The first-order chi connectivity index (χ1) is 12.4. The standard InChI is InChI=1S/C19H15NO6/c1-11(20-16(21)14-5-3-4-6-15(14)17(20)22)18(23)26-13-9-7-12(8-10-13)19(24)25-2/h3-11H,1-2H3/t11-/m0/s1. The number of esters is 2. The van der Waals surface area contributed by atoms with Gasteiger partial charge in [-0.25, -0.2) is 9.59 Å². The molecule has 2 aromatic rings. The molecule has 0 saturated carbocycles. The molecule has 0 aliphatic carbocycles. The summed E-state index contributed by atoms with van der Waals surface area (Å²) >= 11 is 0. The van der Waals surface area contributed by atoms with Crippen LogP contribution in [0.5, 0.6) is 5.75 Å². The zero-order valence-corrected chi connectivity index (χ0v) is 14.1. The Morgan fingerprint density at radius 1 is 0.923 bits per heavy atom. The number of fused-ring (bicyclic) bond motifs is 1. The highest BCUT2D eigenvalue weighted by Gasteiger charge is 2.41. The highest BCUT2D eigenvalue weighted by Crippen LogP contribution is 2.25. The average molecular weight is 353 g/mol. The van der Waals surface area contributed by atoms with Crippen LogP contribution < -0.4 is 4.74 Å². The number of imide groups is 1. The molecule has 2 amide bonds. The summed E-state index contributed by atoms with van der Waals surface area (Å²) in [4.78, 5) is 49.4. The monoisotopic (exact) mass is 353 g/mol. The number of carbonyl (C=O) groups excluding carboxylic acids is 4. The molecule has 0 fully saturated rings. The molecule has 1 atom stereocenters. The molecule has 132 valence electrons.